The number of amides is 1. The van der Waals surface area contributed by atoms with Crippen LogP contribution in [0, 0.1) is 12.8 Å². The van der Waals surface area contributed by atoms with Gasteiger partial charge in [0.2, 0.25) is 0 Å². The zero-order valence-electron chi connectivity index (χ0n) is 21.3. The van der Waals surface area contributed by atoms with Gasteiger partial charge in [0.05, 0.1) is 19.1 Å². The Bertz CT molecular complexity index is 1110. The molecule has 0 bridgehead atoms. The Balaban J connectivity index is 1.64. The van der Waals surface area contributed by atoms with Gasteiger partial charge >= 0.3 is 5.97 Å². The number of carboxylic acids is 1. The van der Waals surface area contributed by atoms with Gasteiger partial charge in [0.25, 0.3) is 5.91 Å². The first-order chi connectivity index (χ1) is 17.3. The third-order valence-electron chi connectivity index (χ3n) is 5.73. The van der Waals surface area contributed by atoms with E-state index in [0.717, 1.165) is 12.1 Å². The topological polar surface area (TPSA) is 87.7 Å². The van der Waals surface area contributed by atoms with Crippen molar-refractivity contribution in [2.24, 2.45) is 5.92 Å². The van der Waals surface area contributed by atoms with E-state index in [1.807, 2.05) is 12.1 Å². The summed E-state index contributed by atoms with van der Waals surface area (Å²) in [7, 11) is 0. The van der Waals surface area contributed by atoms with E-state index in [4.69, 9.17) is 9.84 Å². The molecule has 3 rings (SSSR count). The molecule has 3 aromatic rings. The third-order valence-corrected chi connectivity index (χ3v) is 5.73. The number of carboxylic acid groups (broad SMARTS) is 1. The van der Waals surface area contributed by atoms with Crippen molar-refractivity contribution < 1.29 is 19.4 Å². The van der Waals surface area contributed by atoms with Crippen molar-refractivity contribution in [1.82, 2.24) is 5.32 Å². The number of rotatable bonds is 13. The second-order valence-corrected chi connectivity index (χ2v) is 9.52. The van der Waals surface area contributed by atoms with Gasteiger partial charge in [-0.25, -0.2) is 0 Å². The lowest BCUT2D eigenvalue weighted by Gasteiger charge is -2.21. The zero-order chi connectivity index (χ0) is 25.9. The van der Waals surface area contributed by atoms with E-state index >= 15 is 0 Å². The van der Waals surface area contributed by atoms with E-state index in [1.54, 1.807) is 12.1 Å². The highest BCUT2D eigenvalue weighted by molar-refractivity contribution is 5.94. The SMILES string of the molecule is Cc1ccc(-c2ccc(C[C@@H](COCC(C)C)Nc3ccc(C(=O)NCCC(=O)O)cc3)cc2)cc1. The molecule has 0 radical (unpaired) electrons. The van der Waals surface area contributed by atoms with Crippen LogP contribution >= 0.6 is 0 Å². The molecule has 0 aliphatic heterocycles. The highest BCUT2D eigenvalue weighted by Gasteiger charge is 2.13. The lowest BCUT2D eigenvalue weighted by molar-refractivity contribution is -0.136. The summed E-state index contributed by atoms with van der Waals surface area (Å²) in [4.78, 5) is 22.8. The number of aliphatic carboxylic acids is 1. The van der Waals surface area contributed by atoms with E-state index in [2.05, 4.69) is 79.9 Å². The number of carbonyl (C=O) groups is 2. The van der Waals surface area contributed by atoms with Crippen LogP contribution < -0.4 is 10.6 Å². The predicted octanol–water partition coefficient (Wildman–Crippen LogP) is 5.56. The van der Waals surface area contributed by atoms with Gasteiger partial charge in [0.15, 0.2) is 0 Å². The average molecular weight is 489 g/mol. The molecule has 0 aromatic heterocycles. The monoisotopic (exact) mass is 488 g/mol. The van der Waals surface area contributed by atoms with Crippen LogP contribution in [0.1, 0.15) is 41.8 Å². The Labute approximate surface area is 213 Å². The summed E-state index contributed by atoms with van der Waals surface area (Å²) in [6, 6.07) is 24.4. The zero-order valence-corrected chi connectivity index (χ0v) is 21.3. The molecule has 6 heteroatoms. The molecule has 0 aliphatic rings. The summed E-state index contributed by atoms with van der Waals surface area (Å²) in [5.41, 5.74) is 6.24. The maximum Gasteiger partial charge on any atom is 0.305 e. The van der Waals surface area contributed by atoms with Gasteiger partial charge in [-0.2, -0.15) is 0 Å². The Kier molecular flexibility index (Phi) is 10.1. The van der Waals surface area contributed by atoms with Crippen molar-refractivity contribution in [1.29, 1.82) is 0 Å². The molecule has 0 saturated heterocycles. The number of nitrogens with one attached hydrogen (secondary N) is 2. The van der Waals surface area contributed by atoms with E-state index < -0.39 is 5.97 Å². The first-order valence-corrected chi connectivity index (χ1v) is 12.4. The van der Waals surface area contributed by atoms with E-state index in [0.29, 0.717) is 24.7 Å². The molecule has 3 aromatic carbocycles. The number of benzene rings is 3. The second-order valence-electron chi connectivity index (χ2n) is 9.52. The largest absolute Gasteiger partial charge is 0.481 e. The van der Waals surface area contributed by atoms with Crippen LogP contribution in [-0.4, -0.2) is 42.8 Å². The van der Waals surface area contributed by atoms with Crippen LogP contribution in [0.25, 0.3) is 11.1 Å². The molecule has 0 unspecified atom stereocenters. The Morgan fingerprint density at radius 3 is 2.06 bits per heavy atom. The number of hydrogen-bond donors (Lipinski definition) is 3. The highest BCUT2D eigenvalue weighted by Crippen LogP contribution is 2.21. The van der Waals surface area contributed by atoms with Crippen molar-refractivity contribution >= 4 is 17.6 Å². The molecular weight excluding hydrogens is 452 g/mol. The maximum atomic E-state index is 12.2. The molecule has 0 spiro atoms. The highest BCUT2D eigenvalue weighted by atomic mass is 16.5. The smallest absolute Gasteiger partial charge is 0.305 e. The number of anilines is 1. The summed E-state index contributed by atoms with van der Waals surface area (Å²) in [6.07, 6.45) is 0.694. The average Bonchev–Trinajstić information content (AvgIpc) is 2.85. The molecule has 6 nitrogen and oxygen atoms in total. The molecule has 36 heavy (non-hydrogen) atoms. The van der Waals surface area contributed by atoms with Crippen molar-refractivity contribution in [2.45, 2.75) is 39.7 Å². The predicted molar refractivity (Wildman–Crippen MR) is 144 cm³/mol. The summed E-state index contributed by atoms with van der Waals surface area (Å²) >= 11 is 0. The normalized spacial score (nSPS) is 11.8. The van der Waals surface area contributed by atoms with Crippen LogP contribution in [0.15, 0.2) is 72.8 Å². The summed E-state index contributed by atoms with van der Waals surface area (Å²) in [5, 5.41) is 14.9. The Morgan fingerprint density at radius 2 is 1.47 bits per heavy atom. The van der Waals surface area contributed by atoms with Gasteiger partial charge in [-0.05, 0) is 60.2 Å². The van der Waals surface area contributed by atoms with Gasteiger partial charge in [-0.1, -0.05) is 67.9 Å². The van der Waals surface area contributed by atoms with Crippen molar-refractivity contribution in [3.63, 3.8) is 0 Å². The molecular formula is C30H36N2O4. The fraction of sp³-hybridized carbons (Fsp3) is 0.333. The van der Waals surface area contributed by atoms with Crippen LogP contribution in [0.2, 0.25) is 0 Å². The maximum absolute atomic E-state index is 12.2. The minimum Gasteiger partial charge on any atom is -0.481 e. The fourth-order valence-corrected chi connectivity index (χ4v) is 3.80. The lowest BCUT2D eigenvalue weighted by Crippen LogP contribution is -2.29. The first-order valence-electron chi connectivity index (χ1n) is 12.4. The van der Waals surface area contributed by atoms with Gasteiger partial charge in [-0.3, -0.25) is 9.59 Å². The quantitative estimate of drug-likeness (QED) is 0.293. The van der Waals surface area contributed by atoms with Crippen molar-refractivity contribution in [3.8, 4) is 11.1 Å². The standard InChI is InChI=1S/C30H36N2O4/c1-21(2)19-36-20-28(18-23-6-10-25(11-7-23)24-8-4-22(3)5-9-24)32-27-14-12-26(13-15-27)30(35)31-17-16-29(33)34/h4-15,21,28,32H,16-20H2,1-3H3,(H,31,35)(H,33,34)/t28-/m0/s1. The second kappa shape index (κ2) is 13.4. The van der Waals surface area contributed by atoms with E-state index in [-0.39, 0.29) is 24.9 Å². The van der Waals surface area contributed by atoms with Crippen LogP contribution in [0.5, 0.6) is 0 Å². The molecule has 190 valence electrons. The number of aryl methyl sites for hydroxylation is 1. The summed E-state index contributed by atoms with van der Waals surface area (Å²) in [5.74, 6) is -0.767. The van der Waals surface area contributed by atoms with Crippen LogP contribution in [0.4, 0.5) is 5.69 Å². The van der Waals surface area contributed by atoms with Gasteiger partial charge < -0.3 is 20.5 Å². The minimum absolute atomic E-state index is 0.0595. The van der Waals surface area contributed by atoms with Gasteiger partial charge in [-0.15, -0.1) is 0 Å². The molecule has 0 aliphatic carbocycles. The third kappa shape index (κ3) is 8.86. The summed E-state index contributed by atoms with van der Waals surface area (Å²) < 4.78 is 5.96. The number of ether oxygens (including phenoxy) is 1. The molecule has 0 saturated carbocycles. The van der Waals surface area contributed by atoms with Gasteiger partial charge in [0.1, 0.15) is 0 Å². The molecule has 0 heterocycles. The number of carbonyl (C=O) groups excluding carboxylic acids is 1. The lowest BCUT2D eigenvalue weighted by atomic mass is 10.00. The number of hydrogen-bond acceptors (Lipinski definition) is 4. The van der Waals surface area contributed by atoms with Crippen molar-refractivity contribution in [2.75, 3.05) is 25.1 Å². The first kappa shape index (κ1) is 27.0. The Morgan fingerprint density at radius 1 is 0.861 bits per heavy atom. The van der Waals surface area contributed by atoms with E-state index in [9.17, 15) is 9.59 Å². The van der Waals surface area contributed by atoms with Crippen LogP contribution in [-0.2, 0) is 16.0 Å². The molecule has 1 amide bonds. The fourth-order valence-electron chi connectivity index (χ4n) is 3.80. The van der Waals surface area contributed by atoms with Gasteiger partial charge in [0, 0.05) is 24.4 Å². The van der Waals surface area contributed by atoms with Crippen LogP contribution in [0.3, 0.4) is 0 Å². The molecule has 0 fully saturated rings. The Hall–Kier alpha value is -3.64. The van der Waals surface area contributed by atoms with Crippen molar-refractivity contribution in [3.05, 3.63) is 89.5 Å². The minimum atomic E-state index is -0.939. The molecule has 1 atom stereocenters. The summed E-state index contributed by atoms with van der Waals surface area (Å²) in [6.45, 7) is 7.71. The molecule has 3 N–H and O–H groups in total. The van der Waals surface area contributed by atoms with E-state index in [1.165, 1.54) is 22.3 Å².